The van der Waals surface area contributed by atoms with E-state index in [4.69, 9.17) is 4.74 Å². The Morgan fingerprint density at radius 3 is 2.77 bits per heavy atom. The molecule has 2 aromatic rings. The summed E-state index contributed by atoms with van der Waals surface area (Å²) in [6.45, 7) is -0.708. The highest BCUT2D eigenvalue weighted by molar-refractivity contribution is 5.97. The maximum Gasteiger partial charge on any atom is 0.421 e. The molecule has 2 amide bonds. The number of rotatable bonds is 3. The van der Waals surface area contributed by atoms with E-state index in [0.29, 0.717) is 27.8 Å². The SMILES string of the molecule is O=C(Cn1cccc(C(F)(F)F)c1=O)Nc1ccc2c(c1)NC(=O)CO2. The lowest BCUT2D eigenvalue weighted by molar-refractivity contribution is -0.139. The number of pyridine rings is 1. The van der Waals surface area contributed by atoms with Crippen molar-refractivity contribution in [3.05, 3.63) is 52.4 Å². The Morgan fingerprint density at radius 2 is 2.04 bits per heavy atom. The summed E-state index contributed by atoms with van der Waals surface area (Å²) in [5, 5.41) is 5.01. The lowest BCUT2D eigenvalue weighted by Crippen LogP contribution is -2.32. The van der Waals surface area contributed by atoms with Gasteiger partial charge in [0.15, 0.2) is 6.61 Å². The average molecular weight is 367 g/mol. The van der Waals surface area contributed by atoms with Crippen LogP contribution in [0.15, 0.2) is 41.3 Å². The normalized spacial score (nSPS) is 13.4. The molecule has 0 radical (unpaired) electrons. The molecule has 2 heterocycles. The molecule has 136 valence electrons. The fourth-order valence-corrected chi connectivity index (χ4v) is 2.39. The predicted octanol–water partition coefficient (Wildman–Crippen LogP) is 1.84. The van der Waals surface area contributed by atoms with Gasteiger partial charge in [-0.2, -0.15) is 13.2 Å². The molecule has 0 unspecified atom stereocenters. The third-order valence-corrected chi connectivity index (χ3v) is 3.54. The van der Waals surface area contributed by atoms with Crippen LogP contribution in [0.1, 0.15) is 5.56 Å². The molecule has 2 N–H and O–H groups in total. The van der Waals surface area contributed by atoms with E-state index in [2.05, 4.69) is 10.6 Å². The number of nitrogens with zero attached hydrogens (tertiary/aromatic N) is 1. The molecule has 0 spiro atoms. The number of anilines is 2. The smallest absolute Gasteiger partial charge is 0.421 e. The van der Waals surface area contributed by atoms with Gasteiger partial charge in [0.25, 0.3) is 11.5 Å². The Kier molecular flexibility index (Phi) is 4.41. The zero-order chi connectivity index (χ0) is 18.9. The Morgan fingerprint density at radius 1 is 1.27 bits per heavy atom. The molecule has 0 aliphatic carbocycles. The zero-order valence-electron chi connectivity index (χ0n) is 13.1. The molecule has 0 saturated carbocycles. The number of carbonyl (C=O) groups is 2. The van der Waals surface area contributed by atoms with E-state index in [1.54, 1.807) is 0 Å². The van der Waals surface area contributed by atoms with Gasteiger partial charge >= 0.3 is 6.18 Å². The van der Waals surface area contributed by atoms with Crippen molar-refractivity contribution in [3.8, 4) is 5.75 Å². The third kappa shape index (κ3) is 3.68. The van der Waals surface area contributed by atoms with Crippen molar-refractivity contribution in [3.63, 3.8) is 0 Å². The first-order valence-corrected chi connectivity index (χ1v) is 7.37. The average Bonchev–Trinajstić information content (AvgIpc) is 2.55. The van der Waals surface area contributed by atoms with Crippen molar-refractivity contribution in [2.75, 3.05) is 17.2 Å². The van der Waals surface area contributed by atoms with Crippen LogP contribution < -0.4 is 20.9 Å². The maximum atomic E-state index is 12.7. The highest BCUT2D eigenvalue weighted by Gasteiger charge is 2.34. The van der Waals surface area contributed by atoms with Gasteiger partial charge in [-0.25, -0.2) is 0 Å². The fourth-order valence-electron chi connectivity index (χ4n) is 2.39. The quantitative estimate of drug-likeness (QED) is 0.866. The van der Waals surface area contributed by atoms with Crippen molar-refractivity contribution in [2.24, 2.45) is 0 Å². The summed E-state index contributed by atoms with van der Waals surface area (Å²) in [5.41, 5.74) is -2.00. The summed E-state index contributed by atoms with van der Waals surface area (Å²) in [4.78, 5) is 35.2. The molecular formula is C16H12F3N3O4. The number of nitrogens with one attached hydrogen (secondary N) is 2. The lowest BCUT2D eigenvalue weighted by Gasteiger charge is -2.18. The van der Waals surface area contributed by atoms with Gasteiger partial charge in [0.1, 0.15) is 17.9 Å². The monoisotopic (exact) mass is 367 g/mol. The summed E-state index contributed by atoms with van der Waals surface area (Å²) in [6, 6.07) is 6.18. The van der Waals surface area contributed by atoms with E-state index in [-0.39, 0.29) is 12.5 Å². The first-order valence-electron chi connectivity index (χ1n) is 7.37. The number of fused-ring (bicyclic) bond motifs is 1. The van der Waals surface area contributed by atoms with Crippen molar-refractivity contribution >= 4 is 23.2 Å². The van der Waals surface area contributed by atoms with E-state index >= 15 is 0 Å². The van der Waals surface area contributed by atoms with Gasteiger partial charge in [0.2, 0.25) is 5.91 Å². The largest absolute Gasteiger partial charge is 0.482 e. The van der Waals surface area contributed by atoms with E-state index in [1.165, 1.54) is 18.2 Å². The Labute approximate surface area is 144 Å². The minimum Gasteiger partial charge on any atom is -0.482 e. The number of amides is 2. The number of alkyl halides is 3. The van der Waals surface area contributed by atoms with Crippen LogP contribution >= 0.6 is 0 Å². The summed E-state index contributed by atoms with van der Waals surface area (Å²) in [5.74, 6) is -0.623. The number of benzene rings is 1. The number of aromatic nitrogens is 1. The molecule has 0 bridgehead atoms. The zero-order valence-corrected chi connectivity index (χ0v) is 13.1. The van der Waals surface area contributed by atoms with Crippen LogP contribution in [-0.2, 0) is 22.3 Å². The second-order valence-corrected chi connectivity index (χ2v) is 5.45. The predicted molar refractivity (Wildman–Crippen MR) is 84.9 cm³/mol. The Bertz CT molecular complexity index is 937. The van der Waals surface area contributed by atoms with E-state index in [0.717, 1.165) is 12.3 Å². The standard InChI is InChI=1S/C16H12F3N3O4/c17-16(18,19)10-2-1-5-22(15(10)25)7-13(23)20-9-3-4-12-11(6-9)21-14(24)8-26-12/h1-6H,7-8H2,(H,20,23)(H,21,24). The number of ether oxygens (including phenoxy) is 1. The van der Waals surface area contributed by atoms with Crippen LogP contribution in [0.4, 0.5) is 24.5 Å². The van der Waals surface area contributed by atoms with Gasteiger partial charge in [-0.05, 0) is 30.3 Å². The van der Waals surface area contributed by atoms with Gasteiger partial charge in [-0.3, -0.25) is 14.4 Å². The minimum absolute atomic E-state index is 0.114. The van der Waals surface area contributed by atoms with Crippen LogP contribution in [0.25, 0.3) is 0 Å². The number of carbonyl (C=O) groups excluding carboxylic acids is 2. The number of hydrogen-bond donors (Lipinski definition) is 2. The highest BCUT2D eigenvalue weighted by Crippen LogP contribution is 2.30. The van der Waals surface area contributed by atoms with E-state index < -0.39 is 29.8 Å². The molecule has 0 saturated heterocycles. The molecule has 1 aromatic carbocycles. The van der Waals surface area contributed by atoms with Crippen molar-refractivity contribution in [1.82, 2.24) is 4.57 Å². The van der Waals surface area contributed by atoms with Crippen LogP contribution in [-0.4, -0.2) is 23.0 Å². The summed E-state index contributed by atoms with van der Waals surface area (Å²) in [7, 11) is 0. The highest BCUT2D eigenvalue weighted by atomic mass is 19.4. The molecule has 0 atom stereocenters. The van der Waals surface area contributed by atoms with Gasteiger partial charge in [0.05, 0.1) is 5.69 Å². The molecule has 1 aliphatic rings. The van der Waals surface area contributed by atoms with Crippen molar-refractivity contribution in [1.29, 1.82) is 0 Å². The molecule has 1 aliphatic heterocycles. The van der Waals surface area contributed by atoms with Gasteiger partial charge in [0, 0.05) is 11.9 Å². The molecule has 26 heavy (non-hydrogen) atoms. The van der Waals surface area contributed by atoms with Gasteiger partial charge in [-0.15, -0.1) is 0 Å². The fraction of sp³-hybridized carbons (Fsp3) is 0.188. The second-order valence-electron chi connectivity index (χ2n) is 5.45. The topological polar surface area (TPSA) is 89.4 Å². The van der Waals surface area contributed by atoms with Crippen LogP contribution in [0.3, 0.4) is 0 Å². The Hall–Kier alpha value is -3.30. The molecular weight excluding hydrogens is 355 g/mol. The molecule has 0 fully saturated rings. The summed E-state index contributed by atoms with van der Waals surface area (Å²) < 4.78 is 44.1. The first-order chi connectivity index (χ1) is 12.2. The number of halogens is 3. The second kappa shape index (κ2) is 6.54. The summed E-state index contributed by atoms with van der Waals surface area (Å²) >= 11 is 0. The van der Waals surface area contributed by atoms with Crippen molar-refractivity contribution in [2.45, 2.75) is 12.7 Å². The Balaban J connectivity index is 1.75. The molecule has 3 rings (SSSR count). The van der Waals surface area contributed by atoms with Crippen molar-refractivity contribution < 1.29 is 27.5 Å². The molecule has 10 heteroatoms. The van der Waals surface area contributed by atoms with E-state index in [9.17, 15) is 27.6 Å². The molecule has 7 nitrogen and oxygen atoms in total. The van der Waals surface area contributed by atoms with Gasteiger partial charge < -0.3 is 19.9 Å². The maximum absolute atomic E-state index is 12.7. The minimum atomic E-state index is -4.80. The molecule has 1 aromatic heterocycles. The lowest BCUT2D eigenvalue weighted by atomic mass is 10.2. The first kappa shape index (κ1) is 17.5. The third-order valence-electron chi connectivity index (χ3n) is 3.54. The van der Waals surface area contributed by atoms with Gasteiger partial charge in [-0.1, -0.05) is 0 Å². The summed E-state index contributed by atoms with van der Waals surface area (Å²) in [6.07, 6.45) is -3.70. The van der Waals surface area contributed by atoms with E-state index in [1.807, 2.05) is 0 Å². The van der Waals surface area contributed by atoms with Crippen LogP contribution in [0.2, 0.25) is 0 Å². The van der Waals surface area contributed by atoms with Crippen LogP contribution in [0, 0.1) is 0 Å². The van der Waals surface area contributed by atoms with Crippen LogP contribution in [0.5, 0.6) is 5.75 Å². The number of hydrogen-bond acceptors (Lipinski definition) is 4.